The summed E-state index contributed by atoms with van der Waals surface area (Å²) in [5.74, 6) is -0.399. The molecule has 0 atom stereocenters. The number of anilines is 1. The van der Waals surface area contributed by atoms with Gasteiger partial charge in [0.15, 0.2) is 0 Å². The van der Waals surface area contributed by atoms with Crippen LogP contribution in [0.3, 0.4) is 0 Å². The van der Waals surface area contributed by atoms with E-state index in [4.69, 9.17) is 4.74 Å². The largest absolute Gasteiger partial charge is 0.444 e. The molecule has 0 aliphatic heterocycles. The number of nitrogens with one attached hydrogen (secondary N) is 2. The third-order valence-electron chi connectivity index (χ3n) is 2.58. The number of pyridine rings is 1. The molecule has 0 aromatic carbocycles. The molecule has 2 amide bonds. The molecule has 126 valence electrons. The van der Waals surface area contributed by atoms with Crippen LogP contribution in [0.4, 0.5) is 16.3 Å². The number of amides is 2. The molecule has 1 rings (SSSR count). The number of rotatable bonds is 4. The van der Waals surface area contributed by atoms with Gasteiger partial charge in [0, 0.05) is 6.07 Å². The van der Waals surface area contributed by atoms with Crippen molar-refractivity contribution in [2.75, 3.05) is 5.32 Å². The van der Waals surface area contributed by atoms with Crippen molar-refractivity contribution in [1.29, 1.82) is 0 Å². The number of alkyl carbamates (subject to hydrolysis) is 1. The van der Waals surface area contributed by atoms with E-state index in [0.717, 1.165) is 6.20 Å². The SMILES string of the molecule is CC(C)(C)OC(=O)NC(C)(C)C(=O)Nc1ccc([N+](=O)[O-])cn1. The Morgan fingerprint density at radius 2 is 1.83 bits per heavy atom. The summed E-state index contributed by atoms with van der Waals surface area (Å²) in [4.78, 5) is 37.7. The molecule has 23 heavy (non-hydrogen) atoms. The second-order valence-electron chi connectivity index (χ2n) is 6.36. The molecule has 9 nitrogen and oxygen atoms in total. The van der Waals surface area contributed by atoms with E-state index in [1.807, 2.05) is 0 Å². The van der Waals surface area contributed by atoms with E-state index in [0.29, 0.717) is 0 Å². The van der Waals surface area contributed by atoms with E-state index in [9.17, 15) is 19.7 Å². The summed E-state index contributed by atoms with van der Waals surface area (Å²) in [6.07, 6.45) is 0.304. The van der Waals surface area contributed by atoms with E-state index in [1.54, 1.807) is 20.8 Å². The summed E-state index contributed by atoms with van der Waals surface area (Å²) >= 11 is 0. The molecule has 1 aromatic rings. The molecule has 0 unspecified atom stereocenters. The fraction of sp³-hybridized carbons (Fsp3) is 0.500. The summed E-state index contributed by atoms with van der Waals surface area (Å²) in [6, 6.07) is 2.52. The number of nitrogens with zero attached hydrogens (tertiary/aromatic N) is 2. The highest BCUT2D eigenvalue weighted by Gasteiger charge is 2.31. The molecule has 0 spiro atoms. The average Bonchev–Trinajstić information content (AvgIpc) is 2.36. The zero-order chi connectivity index (χ0) is 17.8. The molecule has 1 heterocycles. The van der Waals surface area contributed by atoms with Gasteiger partial charge in [0.25, 0.3) is 11.6 Å². The Bertz CT molecular complexity index is 605. The molecule has 2 N–H and O–H groups in total. The second-order valence-corrected chi connectivity index (χ2v) is 6.36. The molecule has 9 heteroatoms. The minimum Gasteiger partial charge on any atom is -0.444 e. The van der Waals surface area contributed by atoms with Gasteiger partial charge in [-0.25, -0.2) is 9.78 Å². The Balaban J connectivity index is 2.71. The molecule has 0 aliphatic carbocycles. The molecule has 0 bridgehead atoms. The van der Waals surface area contributed by atoms with Crippen LogP contribution in [0.5, 0.6) is 0 Å². The number of hydrogen-bond donors (Lipinski definition) is 2. The average molecular weight is 324 g/mol. The lowest BCUT2D eigenvalue weighted by Gasteiger charge is -2.27. The van der Waals surface area contributed by atoms with Crippen molar-refractivity contribution < 1.29 is 19.2 Å². The van der Waals surface area contributed by atoms with Crippen molar-refractivity contribution in [1.82, 2.24) is 10.3 Å². The molecule has 0 fully saturated rings. The van der Waals surface area contributed by atoms with Crippen LogP contribution in [0, 0.1) is 10.1 Å². The smallest absolute Gasteiger partial charge is 0.408 e. The lowest BCUT2D eigenvalue weighted by atomic mass is 10.1. The first-order valence-corrected chi connectivity index (χ1v) is 6.84. The highest BCUT2D eigenvalue weighted by Crippen LogP contribution is 2.14. The predicted octanol–water partition coefficient (Wildman–Crippen LogP) is 2.23. The van der Waals surface area contributed by atoms with E-state index in [-0.39, 0.29) is 11.5 Å². The van der Waals surface area contributed by atoms with Crippen molar-refractivity contribution in [2.45, 2.75) is 45.8 Å². The Hall–Kier alpha value is -2.71. The van der Waals surface area contributed by atoms with Crippen molar-refractivity contribution in [3.05, 3.63) is 28.4 Å². The molecule has 0 radical (unpaired) electrons. The van der Waals surface area contributed by atoms with Gasteiger partial charge in [-0.15, -0.1) is 0 Å². The summed E-state index contributed by atoms with van der Waals surface area (Å²) in [5, 5.41) is 15.5. The Morgan fingerprint density at radius 3 is 2.26 bits per heavy atom. The van der Waals surface area contributed by atoms with E-state index >= 15 is 0 Å². The van der Waals surface area contributed by atoms with Crippen molar-refractivity contribution in [2.24, 2.45) is 0 Å². The Labute approximate surface area is 133 Å². The summed E-state index contributed by atoms with van der Waals surface area (Å²) in [6.45, 7) is 8.12. The minimum absolute atomic E-state index is 0.139. The van der Waals surface area contributed by atoms with Gasteiger partial charge in [0.2, 0.25) is 0 Å². The molecule has 0 aliphatic rings. The van der Waals surface area contributed by atoms with Gasteiger partial charge in [0.1, 0.15) is 23.2 Å². The zero-order valence-corrected chi connectivity index (χ0v) is 13.7. The normalized spacial score (nSPS) is 11.5. The monoisotopic (exact) mass is 324 g/mol. The number of aromatic nitrogens is 1. The molecular formula is C14H20N4O5. The molecule has 0 saturated heterocycles. The van der Waals surface area contributed by atoms with Crippen LogP contribution in [-0.4, -0.2) is 33.0 Å². The third kappa shape index (κ3) is 5.89. The van der Waals surface area contributed by atoms with Gasteiger partial charge >= 0.3 is 6.09 Å². The number of nitro groups is 1. The van der Waals surface area contributed by atoms with Gasteiger partial charge in [-0.3, -0.25) is 14.9 Å². The second kappa shape index (κ2) is 6.59. The van der Waals surface area contributed by atoms with Crippen LogP contribution in [0.1, 0.15) is 34.6 Å². The fourth-order valence-corrected chi connectivity index (χ4v) is 1.46. The lowest BCUT2D eigenvalue weighted by Crippen LogP contribution is -2.53. The van der Waals surface area contributed by atoms with Gasteiger partial charge in [-0.1, -0.05) is 0 Å². The van der Waals surface area contributed by atoms with Crippen LogP contribution in [0.2, 0.25) is 0 Å². The highest BCUT2D eigenvalue weighted by atomic mass is 16.6. The zero-order valence-electron chi connectivity index (χ0n) is 13.7. The van der Waals surface area contributed by atoms with Crippen LogP contribution in [0.15, 0.2) is 18.3 Å². The van der Waals surface area contributed by atoms with Crippen molar-refractivity contribution >= 4 is 23.5 Å². The maximum Gasteiger partial charge on any atom is 0.408 e. The number of ether oxygens (including phenoxy) is 1. The van der Waals surface area contributed by atoms with Gasteiger partial charge < -0.3 is 15.4 Å². The Kier molecular flexibility index (Phi) is 5.26. The minimum atomic E-state index is -1.26. The van der Waals surface area contributed by atoms with Crippen LogP contribution < -0.4 is 10.6 Å². The van der Waals surface area contributed by atoms with Gasteiger partial charge in [-0.05, 0) is 40.7 Å². The van der Waals surface area contributed by atoms with E-state index < -0.39 is 28.1 Å². The highest BCUT2D eigenvalue weighted by molar-refractivity contribution is 5.98. The quantitative estimate of drug-likeness (QED) is 0.646. The summed E-state index contributed by atoms with van der Waals surface area (Å²) in [7, 11) is 0. The first-order chi connectivity index (χ1) is 10.4. The third-order valence-corrected chi connectivity index (χ3v) is 2.58. The number of carbonyl (C=O) groups excluding carboxylic acids is 2. The van der Waals surface area contributed by atoms with Crippen LogP contribution >= 0.6 is 0 Å². The molecular weight excluding hydrogens is 304 g/mol. The lowest BCUT2D eigenvalue weighted by molar-refractivity contribution is -0.385. The molecule has 0 saturated carbocycles. The van der Waals surface area contributed by atoms with Gasteiger partial charge in [-0.2, -0.15) is 0 Å². The maximum absolute atomic E-state index is 12.2. The Morgan fingerprint density at radius 1 is 1.22 bits per heavy atom. The first kappa shape index (κ1) is 18.3. The topological polar surface area (TPSA) is 123 Å². The summed E-state index contributed by atoms with van der Waals surface area (Å²) in [5.41, 5.74) is -2.13. The molecule has 1 aromatic heterocycles. The predicted molar refractivity (Wildman–Crippen MR) is 83.0 cm³/mol. The van der Waals surface area contributed by atoms with Crippen molar-refractivity contribution in [3.8, 4) is 0 Å². The fourth-order valence-electron chi connectivity index (χ4n) is 1.46. The standard InChI is InChI=1S/C14H20N4O5/c1-13(2,3)23-12(20)17-14(4,5)11(19)16-10-7-6-9(8-15-10)18(21)22/h6-8H,1-5H3,(H,17,20)(H,15,16,19). The number of hydrogen-bond acceptors (Lipinski definition) is 6. The first-order valence-electron chi connectivity index (χ1n) is 6.84. The number of carbonyl (C=O) groups is 2. The van der Waals surface area contributed by atoms with E-state index in [2.05, 4.69) is 15.6 Å². The van der Waals surface area contributed by atoms with Crippen LogP contribution in [-0.2, 0) is 9.53 Å². The summed E-state index contributed by atoms with van der Waals surface area (Å²) < 4.78 is 5.10. The van der Waals surface area contributed by atoms with E-state index in [1.165, 1.54) is 26.0 Å². The van der Waals surface area contributed by atoms with Crippen molar-refractivity contribution in [3.63, 3.8) is 0 Å². The van der Waals surface area contributed by atoms with Crippen LogP contribution in [0.25, 0.3) is 0 Å². The maximum atomic E-state index is 12.2. The van der Waals surface area contributed by atoms with Gasteiger partial charge in [0.05, 0.1) is 4.92 Å².